The van der Waals surface area contributed by atoms with E-state index in [9.17, 15) is 24.5 Å². The third-order valence-corrected chi connectivity index (χ3v) is 4.11. The van der Waals surface area contributed by atoms with E-state index in [1.807, 2.05) is 0 Å². The highest BCUT2D eigenvalue weighted by molar-refractivity contribution is 5.99. The summed E-state index contributed by atoms with van der Waals surface area (Å²) < 4.78 is 10.2. The molecule has 1 aromatic carbocycles. The Hall–Kier alpha value is -3.17. The molecule has 0 spiro atoms. The molecule has 0 unspecified atom stereocenters. The van der Waals surface area contributed by atoms with Gasteiger partial charge in [0.1, 0.15) is 5.60 Å². The van der Waals surface area contributed by atoms with Gasteiger partial charge in [0, 0.05) is 43.9 Å². The van der Waals surface area contributed by atoms with Gasteiger partial charge in [0.2, 0.25) is 0 Å². The molecule has 0 aliphatic carbocycles. The number of benzene rings is 1. The van der Waals surface area contributed by atoms with Crippen LogP contribution in [0.2, 0.25) is 0 Å². The predicted molar refractivity (Wildman–Crippen MR) is 103 cm³/mol. The maximum atomic E-state index is 12.8. The van der Waals surface area contributed by atoms with Crippen LogP contribution in [0.5, 0.6) is 0 Å². The molecule has 0 radical (unpaired) electrons. The fourth-order valence-corrected chi connectivity index (χ4v) is 2.77. The van der Waals surface area contributed by atoms with Crippen LogP contribution in [0.25, 0.3) is 0 Å². The van der Waals surface area contributed by atoms with Crippen molar-refractivity contribution in [2.75, 3.05) is 32.8 Å². The van der Waals surface area contributed by atoms with Crippen LogP contribution < -0.4 is 0 Å². The monoisotopic (exact) mass is 407 g/mol. The van der Waals surface area contributed by atoms with E-state index in [2.05, 4.69) is 0 Å². The number of hydrogen-bond acceptors (Lipinski definition) is 7. The van der Waals surface area contributed by atoms with Gasteiger partial charge in [-0.05, 0) is 33.8 Å². The summed E-state index contributed by atoms with van der Waals surface area (Å²) in [5.74, 6) is -1.19. The maximum absolute atomic E-state index is 12.8. The quantitative estimate of drug-likeness (QED) is 0.427. The Kier molecular flexibility index (Phi) is 6.78. The van der Waals surface area contributed by atoms with Crippen LogP contribution in [0, 0.1) is 10.1 Å². The van der Waals surface area contributed by atoms with Crippen molar-refractivity contribution in [3.8, 4) is 0 Å². The van der Waals surface area contributed by atoms with Gasteiger partial charge in [-0.3, -0.25) is 14.9 Å². The number of nitrogens with zero attached hydrogens (tertiary/aromatic N) is 3. The van der Waals surface area contributed by atoms with E-state index < -0.39 is 28.5 Å². The second-order valence-corrected chi connectivity index (χ2v) is 7.51. The number of nitro groups is 1. The SMILES string of the molecule is CCOC(=O)c1cc(C(=O)N2CCN(C(=O)OC(C)(C)C)CC2)cc([N+](=O)[O-])c1. The number of ether oxygens (including phenoxy) is 2. The molecule has 1 aromatic rings. The lowest BCUT2D eigenvalue weighted by Crippen LogP contribution is -2.51. The van der Waals surface area contributed by atoms with Crippen LogP contribution in [0.4, 0.5) is 10.5 Å². The first-order valence-corrected chi connectivity index (χ1v) is 9.25. The molecule has 10 heteroatoms. The lowest BCUT2D eigenvalue weighted by Gasteiger charge is -2.35. The third-order valence-electron chi connectivity index (χ3n) is 4.11. The lowest BCUT2D eigenvalue weighted by molar-refractivity contribution is -0.384. The molecule has 1 aliphatic heterocycles. The smallest absolute Gasteiger partial charge is 0.410 e. The molecular weight excluding hydrogens is 382 g/mol. The summed E-state index contributed by atoms with van der Waals surface area (Å²) in [5.41, 5.74) is -1.02. The fourth-order valence-electron chi connectivity index (χ4n) is 2.77. The Labute approximate surface area is 168 Å². The average Bonchev–Trinajstić information content (AvgIpc) is 2.66. The van der Waals surface area contributed by atoms with E-state index in [-0.39, 0.29) is 49.6 Å². The fraction of sp³-hybridized carbons (Fsp3) is 0.526. The van der Waals surface area contributed by atoms with Gasteiger partial charge in [0.05, 0.1) is 17.1 Å². The summed E-state index contributed by atoms with van der Waals surface area (Å²) in [7, 11) is 0. The molecule has 0 bridgehead atoms. The minimum atomic E-state index is -0.736. The Morgan fingerprint density at radius 3 is 2.10 bits per heavy atom. The first-order valence-electron chi connectivity index (χ1n) is 9.25. The van der Waals surface area contributed by atoms with E-state index in [1.54, 1.807) is 27.7 Å². The number of amides is 2. The van der Waals surface area contributed by atoms with Gasteiger partial charge in [-0.25, -0.2) is 9.59 Å². The number of non-ortho nitro benzene ring substituents is 1. The van der Waals surface area contributed by atoms with Crippen molar-refractivity contribution in [2.24, 2.45) is 0 Å². The molecule has 29 heavy (non-hydrogen) atoms. The van der Waals surface area contributed by atoms with Crippen molar-refractivity contribution in [3.05, 3.63) is 39.4 Å². The zero-order valence-corrected chi connectivity index (χ0v) is 17.0. The highest BCUT2D eigenvalue weighted by atomic mass is 16.6. The van der Waals surface area contributed by atoms with Gasteiger partial charge in [-0.2, -0.15) is 0 Å². The van der Waals surface area contributed by atoms with Crippen LogP contribution in [0.1, 0.15) is 48.4 Å². The summed E-state index contributed by atoms with van der Waals surface area (Å²) in [5, 5.41) is 11.2. The first-order chi connectivity index (χ1) is 13.5. The summed E-state index contributed by atoms with van der Waals surface area (Å²) in [6.45, 7) is 8.09. The van der Waals surface area contributed by atoms with Gasteiger partial charge in [0.15, 0.2) is 0 Å². The number of carbonyl (C=O) groups is 3. The number of rotatable bonds is 4. The molecule has 2 rings (SSSR count). The number of carbonyl (C=O) groups excluding carboxylic acids is 3. The number of esters is 1. The van der Waals surface area contributed by atoms with E-state index >= 15 is 0 Å². The minimum Gasteiger partial charge on any atom is -0.462 e. The molecular formula is C19H25N3O7. The van der Waals surface area contributed by atoms with Crippen LogP contribution in [0.15, 0.2) is 18.2 Å². The maximum Gasteiger partial charge on any atom is 0.410 e. The lowest BCUT2D eigenvalue weighted by atomic mass is 10.1. The Balaban J connectivity index is 2.13. The Morgan fingerprint density at radius 1 is 1.03 bits per heavy atom. The molecule has 10 nitrogen and oxygen atoms in total. The topological polar surface area (TPSA) is 119 Å². The molecule has 0 atom stereocenters. The number of nitro benzene ring substituents is 1. The van der Waals surface area contributed by atoms with E-state index in [0.717, 1.165) is 12.1 Å². The summed E-state index contributed by atoms with van der Waals surface area (Å²) in [6, 6.07) is 3.49. The molecule has 1 heterocycles. The molecule has 0 aromatic heterocycles. The van der Waals surface area contributed by atoms with E-state index in [0.29, 0.717) is 0 Å². The molecule has 1 fully saturated rings. The predicted octanol–water partition coefficient (Wildman–Crippen LogP) is 2.46. The van der Waals surface area contributed by atoms with E-state index in [1.165, 1.54) is 15.9 Å². The van der Waals surface area contributed by atoms with Crippen LogP contribution >= 0.6 is 0 Å². The van der Waals surface area contributed by atoms with Crippen LogP contribution in [-0.2, 0) is 9.47 Å². The average molecular weight is 407 g/mol. The molecule has 158 valence electrons. The van der Waals surface area contributed by atoms with Crippen molar-refractivity contribution < 1.29 is 28.8 Å². The van der Waals surface area contributed by atoms with Crippen molar-refractivity contribution in [2.45, 2.75) is 33.3 Å². The highest BCUT2D eigenvalue weighted by Gasteiger charge is 2.29. The summed E-state index contributed by atoms with van der Waals surface area (Å²) in [6.07, 6.45) is -0.454. The van der Waals surface area contributed by atoms with Gasteiger partial charge in [0.25, 0.3) is 11.6 Å². The number of hydrogen-bond donors (Lipinski definition) is 0. The van der Waals surface area contributed by atoms with Gasteiger partial charge >= 0.3 is 12.1 Å². The van der Waals surface area contributed by atoms with Gasteiger partial charge in [-0.1, -0.05) is 0 Å². The normalized spacial score (nSPS) is 14.3. The molecule has 0 N–H and O–H groups in total. The Morgan fingerprint density at radius 2 is 1.59 bits per heavy atom. The standard InChI is InChI=1S/C19H25N3O7/c1-5-28-17(24)14-10-13(11-15(12-14)22(26)27)16(23)20-6-8-21(9-7-20)18(25)29-19(2,3)4/h10-12H,5-9H2,1-4H3. The Bertz CT molecular complexity index is 809. The first kappa shape index (κ1) is 22.1. The molecule has 1 saturated heterocycles. The molecule has 2 amide bonds. The number of piperazine rings is 1. The second-order valence-electron chi connectivity index (χ2n) is 7.51. The van der Waals surface area contributed by atoms with Crippen molar-refractivity contribution in [3.63, 3.8) is 0 Å². The largest absolute Gasteiger partial charge is 0.462 e. The van der Waals surface area contributed by atoms with Gasteiger partial charge in [-0.15, -0.1) is 0 Å². The second kappa shape index (κ2) is 8.89. The zero-order valence-electron chi connectivity index (χ0n) is 17.0. The van der Waals surface area contributed by atoms with E-state index in [4.69, 9.17) is 9.47 Å². The highest BCUT2D eigenvalue weighted by Crippen LogP contribution is 2.20. The van der Waals surface area contributed by atoms with Crippen molar-refractivity contribution in [1.82, 2.24) is 9.80 Å². The van der Waals surface area contributed by atoms with Gasteiger partial charge < -0.3 is 19.3 Å². The summed E-state index contributed by atoms with van der Waals surface area (Å²) in [4.78, 5) is 50.4. The summed E-state index contributed by atoms with van der Waals surface area (Å²) >= 11 is 0. The van der Waals surface area contributed by atoms with Crippen molar-refractivity contribution in [1.29, 1.82) is 0 Å². The van der Waals surface area contributed by atoms with Crippen LogP contribution in [0.3, 0.4) is 0 Å². The molecule has 0 saturated carbocycles. The minimum absolute atomic E-state index is 0.0213. The third kappa shape index (κ3) is 5.90. The zero-order chi connectivity index (χ0) is 21.8. The van der Waals surface area contributed by atoms with Crippen molar-refractivity contribution >= 4 is 23.7 Å². The van der Waals surface area contributed by atoms with Crippen LogP contribution in [-0.4, -0.2) is 71.1 Å². The molecule has 1 aliphatic rings.